The Balaban J connectivity index is 2.74. The maximum absolute atomic E-state index is 14.0. The monoisotopic (exact) mass is 903 g/mol. The molecule has 7 heteroatoms. The highest BCUT2D eigenvalue weighted by Gasteiger charge is 2.25. The lowest BCUT2D eigenvalue weighted by Crippen LogP contribution is -2.46. The maximum Gasteiger partial charge on any atom is 0.305 e. The van der Waals surface area contributed by atoms with Gasteiger partial charge in [-0.05, 0) is 103 Å². The third kappa shape index (κ3) is 37.9. The Hall–Kier alpha value is -1.18. The number of carbonyl (C=O) groups excluding carboxylic acids is 2. The molecule has 1 fully saturated rings. The van der Waals surface area contributed by atoms with Crippen molar-refractivity contribution in [3.05, 3.63) is 0 Å². The largest absolute Gasteiger partial charge is 0.466 e. The number of amides is 1. The average Bonchev–Trinajstić information content (AvgIpc) is 3.30. The molecule has 0 aromatic carbocycles. The summed E-state index contributed by atoms with van der Waals surface area (Å²) in [5.74, 6) is 1.03. The van der Waals surface area contributed by atoms with Gasteiger partial charge in [-0.1, -0.05) is 208 Å². The fourth-order valence-electron chi connectivity index (χ4n) is 9.76. The minimum absolute atomic E-state index is 0.0235. The highest BCUT2D eigenvalue weighted by atomic mass is 16.5. The third-order valence-electron chi connectivity index (χ3n) is 14.3. The van der Waals surface area contributed by atoms with Gasteiger partial charge < -0.3 is 19.4 Å². The SMILES string of the molecule is CCCCCCCCCCN(CCCCCCCCC)CCN(CCCCCCCCC)CC(=O)N1CCC(CCN(CCCCCCCCC)CCCC(=O)OCCCCC)CC1. The summed E-state index contributed by atoms with van der Waals surface area (Å²) in [6.45, 7) is 23.3. The average molecular weight is 904 g/mol. The molecule has 380 valence electrons. The van der Waals surface area contributed by atoms with E-state index in [0.717, 1.165) is 90.9 Å². The van der Waals surface area contributed by atoms with E-state index in [4.69, 9.17) is 4.74 Å². The molecule has 0 unspecified atom stereocenters. The zero-order chi connectivity index (χ0) is 46.4. The molecule has 0 radical (unpaired) electrons. The van der Waals surface area contributed by atoms with Crippen molar-refractivity contribution < 1.29 is 14.3 Å². The summed E-state index contributed by atoms with van der Waals surface area (Å²) < 4.78 is 5.51. The van der Waals surface area contributed by atoms with E-state index in [1.54, 1.807) is 0 Å². The van der Waals surface area contributed by atoms with Crippen molar-refractivity contribution in [2.75, 3.05) is 78.6 Å². The maximum atomic E-state index is 14.0. The molecule has 0 N–H and O–H groups in total. The topological polar surface area (TPSA) is 56.3 Å². The third-order valence-corrected chi connectivity index (χ3v) is 14.3. The van der Waals surface area contributed by atoms with Crippen molar-refractivity contribution in [2.24, 2.45) is 5.92 Å². The number of hydrogen-bond donors (Lipinski definition) is 0. The van der Waals surface area contributed by atoms with E-state index in [-0.39, 0.29) is 5.97 Å². The minimum Gasteiger partial charge on any atom is -0.466 e. The molecule has 1 heterocycles. The molecule has 64 heavy (non-hydrogen) atoms. The highest BCUT2D eigenvalue weighted by Crippen LogP contribution is 2.22. The number of ether oxygens (including phenoxy) is 1. The van der Waals surface area contributed by atoms with Crippen LogP contribution in [0.5, 0.6) is 0 Å². The Kier molecular flexibility index (Phi) is 44.6. The van der Waals surface area contributed by atoms with Gasteiger partial charge in [0.2, 0.25) is 5.91 Å². The standard InChI is InChI=1S/C57H114N4O3/c1-6-11-16-20-24-28-31-35-45-59(44-34-30-26-22-18-13-8-3)51-52-60(46-36-32-27-23-19-14-9-4)54-56(62)61-49-41-55(42-50-61)40-48-58(43-33-29-25-21-17-12-7-2)47-38-39-57(63)64-53-37-15-10-5/h55H,6-54H2,1-5H3. The van der Waals surface area contributed by atoms with Crippen LogP contribution in [0, 0.1) is 5.92 Å². The van der Waals surface area contributed by atoms with Crippen LogP contribution in [0.15, 0.2) is 0 Å². The van der Waals surface area contributed by atoms with Gasteiger partial charge in [0.05, 0.1) is 13.2 Å². The number of esters is 1. The summed E-state index contributed by atoms with van der Waals surface area (Å²) in [6.07, 6.45) is 47.3. The second-order valence-electron chi connectivity index (χ2n) is 20.4. The Morgan fingerprint density at radius 3 is 1.19 bits per heavy atom. The van der Waals surface area contributed by atoms with Crippen LogP contribution >= 0.6 is 0 Å². The van der Waals surface area contributed by atoms with Crippen LogP contribution in [-0.2, 0) is 14.3 Å². The highest BCUT2D eigenvalue weighted by molar-refractivity contribution is 5.78. The van der Waals surface area contributed by atoms with E-state index < -0.39 is 0 Å². The lowest BCUT2D eigenvalue weighted by molar-refractivity contribution is -0.144. The van der Waals surface area contributed by atoms with Gasteiger partial charge in [-0.15, -0.1) is 0 Å². The normalized spacial score (nSPS) is 13.6. The van der Waals surface area contributed by atoms with E-state index in [9.17, 15) is 9.59 Å². The van der Waals surface area contributed by atoms with Crippen molar-refractivity contribution >= 4 is 11.9 Å². The molecule has 1 aliphatic heterocycles. The van der Waals surface area contributed by atoms with E-state index in [2.05, 4.69) is 54.2 Å². The van der Waals surface area contributed by atoms with E-state index in [0.29, 0.717) is 31.4 Å². The number of unbranched alkanes of at least 4 members (excludes halogenated alkanes) is 27. The van der Waals surface area contributed by atoms with Crippen LogP contribution in [0.4, 0.5) is 0 Å². The Bertz CT molecular complexity index is 988. The molecule has 0 atom stereocenters. The molecule has 1 saturated heterocycles. The van der Waals surface area contributed by atoms with Crippen LogP contribution in [0.25, 0.3) is 0 Å². The zero-order valence-electron chi connectivity index (χ0n) is 44.2. The number of carbonyl (C=O) groups is 2. The number of nitrogens with zero attached hydrogens (tertiary/aromatic N) is 4. The molecule has 0 spiro atoms. The second-order valence-corrected chi connectivity index (χ2v) is 20.4. The number of rotatable bonds is 49. The fraction of sp³-hybridized carbons (Fsp3) is 0.965. The molecule has 1 rings (SSSR count). The molecular weight excluding hydrogens is 789 g/mol. The van der Waals surface area contributed by atoms with E-state index in [1.807, 2.05) is 0 Å². The quantitative estimate of drug-likeness (QED) is 0.0448. The van der Waals surface area contributed by atoms with Crippen LogP contribution in [0.2, 0.25) is 0 Å². The van der Waals surface area contributed by atoms with Crippen molar-refractivity contribution in [2.45, 2.75) is 272 Å². The van der Waals surface area contributed by atoms with Crippen LogP contribution in [-0.4, -0.2) is 110 Å². The number of hydrogen-bond acceptors (Lipinski definition) is 6. The predicted octanol–water partition coefficient (Wildman–Crippen LogP) is 15.4. The molecule has 1 amide bonds. The first kappa shape index (κ1) is 60.8. The molecule has 0 aromatic rings. The first-order valence-corrected chi connectivity index (χ1v) is 29.1. The van der Waals surface area contributed by atoms with Gasteiger partial charge in [-0.3, -0.25) is 14.5 Å². The van der Waals surface area contributed by atoms with Gasteiger partial charge in [0.15, 0.2) is 0 Å². The van der Waals surface area contributed by atoms with Crippen LogP contribution in [0.1, 0.15) is 272 Å². The fourth-order valence-corrected chi connectivity index (χ4v) is 9.76. The molecule has 0 bridgehead atoms. The molecule has 0 aromatic heterocycles. The summed E-state index contributed by atoms with van der Waals surface area (Å²) in [4.78, 5) is 36.6. The number of piperidine rings is 1. The molecule has 1 aliphatic rings. The first-order valence-electron chi connectivity index (χ1n) is 29.1. The lowest BCUT2D eigenvalue weighted by Gasteiger charge is -2.35. The van der Waals surface area contributed by atoms with Gasteiger partial charge in [0.1, 0.15) is 0 Å². The molecular formula is C57H114N4O3. The van der Waals surface area contributed by atoms with Crippen molar-refractivity contribution in [1.82, 2.24) is 19.6 Å². The van der Waals surface area contributed by atoms with E-state index >= 15 is 0 Å². The lowest BCUT2D eigenvalue weighted by atomic mass is 9.93. The minimum atomic E-state index is -0.0235. The van der Waals surface area contributed by atoms with Crippen molar-refractivity contribution in [3.8, 4) is 0 Å². The Morgan fingerprint density at radius 2 is 0.750 bits per heavy atom. The van der Waals surface area contributed by atoms with Crippen molar-refractivity contribution in [3.63, 3.8) is 0 Å². The summed E-state index contributed by atoms with van der Waals surface area (Å²) in [6, 6.07) is 0. The zero-order valence-corrected chi connectivity index (χ0v) is 44.2. The molecule has 0 saturated carbocycles. The Morgan fingerprint density at radius 1 is 0.406 bits per heavy atom. The Labute approximate surface area is 401 Å². The number of likely N-dealkylation sites (tertiary alicyclic amines) is 1. The molecule has 7 nitrogen and oxygen atoms in total. The van der Waals surface area contributed by atoms with Crippen molar-refractivity contribution in [1.29, 1.82) is 0 Å². The van der Waals surface area contributed by atoms with Gasteiger partial charge in [-0.25, -0.2) is 0 Å². The smallest absolute Gasteiger partial charge is 0.305 e. The van der Waals surface area contributed by atoms with Crippen LogP contribution < -0.4 is 0 Å². The van der Waals surface area contributed by atoms with Gasteiger partial charge in [0, 0.05) is 32.6 Å². The van der Waals surface area contributed by atoms with Gasteiger partial charge >= 0.3 is 5.97 Å². The summed E-state index contributed by atoms with van der Waals surface area (Å²) in [7, 11) is 0. The molecule has 0 aliphatic carbocycles. The van der Waals surface area contributed by atoms with Gasteiger partial charge in [0.25, 0.3) is 0 Å². The van der Waals surface area contributed by atoms with Crippen LogP contribution in [0.3, 0.4) is 0 Å². The summed E-state index contributed by atoms with van der Waals surface area (Å²) in [5.41, 5.74) is 0. The second kappa shape index (κ2) is 46.9. The van der Waals surface area contributed by atoms with E-state index in [1.165, 1.54) is 206 Å². The summed E-state index contributed by atoms with van der Waals surface area (Å²) in [5, 5.41) is 0. The van der Waals surface area contributed by atoms with Gasteiger partial charge in [-0.2, -0.15) is 0 Å². The first-order chi connectivity index (χ1) is 31.5. The predicted molar refractivity (Wildman–Crippen MR) is 280 cm³/mol. The summed E-state index contributed by atoms with van der Waals surface area (Å²) >= 11 is 0.